The number of aryl methyl sites for hydroxylation is 1. The molecule has 1 N–H and O–H groups in total. The Morgan fingerprint density at radius 3 is 2.74 bits per heavy atom. The molecule has 0 bridgehead atoms. The summed E-state index contributed by atoms with van der Waals surface area (Å²) in [6.07, 6.45) is 5.01. The average molecular weight is 540 g/mol. The van der Waals surface area contributed by atoms with Gasteiger partial charge in [0.15, 0.2) is 0 Å². The molecule has 3 heterocycles. The van der Waals surface area contributed by atoms with Gasteiger partial charge in [0, 0.05) is 48.0 Å². The minimum absolute atomic E-state index is 0.0184. The van der Waals surface area contributed by atoms with Crippen molar-refractivity contribution in [3.05, 3.63) is 70.8 Å². The van der Waals surface area contributed by atoms with Crippen LogP contribution >= 0.6 is 11.6 Å². The summed E-state index contributed by atoms with van der Waals surface area (Å²) in [5.74, 6) is -0.968. The maximum absolute atomic E-state index is 13.7. The van der Waals surface area contributed by atoms with Crippen LogP contribution in [0.15, 0.2) is 48.8 Å². The van der Waals surface area contributed by atoms with E-state index in [0.29, 0.717) is 53.7 Å². The SMILES string of the molecule is Cc1cc(NC(=O)[C@@H]2C[C@H](N3CCOCC3)CN2C(=O)/C=C/c2cc(Cl)ccc2-n2cnnn2)ccc1F. The second-order valence-corrected chi connectivity index (χ2v) is 9.72. The van der Waals surface area contributed by atoms with Crippen molar-refractivity contribution in [1.82, 2.24) is 30.0 Å². The minimum Gasteiger partial charge on any atom is -0.379 e. The van der Waals surface area contributed by atoms with Crippen LogP contribution in [0.1, 0.15) is 17.5 Å². The maximum Gasteiger partial charge on any atom is 0.247 e. The third kappa shape index (κ3) is 5.74. The van der Waals surface area contributed by atoms with Gasteiger partial charge in [-0.2, -0.15) is 4.68 Å². The predicted octanol–water partition coefficient (Wildman–Crippen LogP) is 2.72. The molecule has 2 amide bonds. The molecule has 1 aromatic heterocycles. The van der Waals surface area contributed by atoms with Crippen molar-refractivity contribution in [1.29, 1.82) is 0 Å². The largest absolute Gasteiger partial charge is 0.379 e. The van der Waals surface area contributed by atoms with Gasteiger partial charge >= 0.3 is 0 Å². The van der Waals surface area contributed by atoms with Crippen LogP contribution in [0.25, 0.3) is 11.8 Å². The number of benzene rings is 2. The third-order valence-electron chi connectivity index (χ3n) is 6.84. The molecule has 0 unspecified atom stereocenters. The van der Waals surface area contributed by atoms with Crippen molar-refractivity contribution in [3.63, 3.8) is 0 Å². The van der Waals surface area contributed by atoms with Gasteiger partial charge in [0.25, 0.3) is 0 Å². The molecule has 12 heteroatoms. The fourth-order valence-electron chi connectivity index (χ4n) is 4.86. The molecule has 0 spiro atoms. The Kier molecular flexibility index (Phi) is 7.77. The van der Waals surface area contributed by atoms with Crippen molar-refractivity contribution in [2.75, 3.05) is 38.2 Å². The van der Waals surface area contributed by atoms with E-state index in [1.165, 1.54) is 29.2 Å². The fraction of sp³-hybridized carbons (Fsp3) is 0.346. The topological polar surface area (TPSA) is 105 Å². The van der Waals surface area contributed by atoms with Crippen molar-refractivity contribution in [2.24, 2.45) is 0 Å². The Morgan fingerprint density at radius 1 is 1.18 bits per heavy atom. The van der Waals surface area contributed by atoms with Crippen LogP contribution in [0.2, 0.25) is 5.02 Å². The first-order chi connectivity index (χ1) is 18.4. The lowest BCUT2D eigenvalue weighted by Gasteiger charge is -2.31. The van der Waals surface area contributed by atoms with Gasteiger partial charge in [-0.15, -0.1) is 5.10 Å². The summed E-state index contributed by atoms with van der Waals surface area (Å²) in [5.41, 5.74) is 2.20. The molecule has 2 saturated heterocycles. The number of nitrogens with one attached hydrogen (secondary N) is 1. The highest BCUT2D eigenvalue weighted by atomic mass is 35.5. The molecular formula is C26H27ClFN7O3. The number of likely N-dealkylation sites (tertiary alicyclic amines) is 1. The zero-order chi connectivity index (χ0) is 26.6. The first kappa shape index (κ1) is 26.0. The van der Waals surface area contributed by atoms with Gasteiger partial charge in [-0.25, -0.2) is 4.39 Å². The van der Waals surface area contributed by atoms with Crippen LogP contribution in [-0.2, 0) is 14.3 Å². The van der Waals surface area contributed by atoms with E-state index in [1.54, 1.807) is 42.2 Å². The van der Waals surface area contributed by atoms with E-state index in [9.17, 15) is 14.0 Å². The molecule has 0 aliphatic carbocycles. The number of carbonyl (C=O) groups excluding carboxylic acids is 2. The standard InChI is InChI=1S/C26H27ClFN7O3/c1-17-12-20(4-5-22(17)28)30-26(37)24-14-21(33-8-10-38-11-9-33)15-34(24)25(36)7-2-18-13-19(27)3-6-23(18)35-16-29-31-32-35/h2-7,12-13,16,21,24H,8-11,14-15H2,1H3,(H,30,37)/b7-2+/t21-,24-/m0/s1. The van der Waals surface area contributed by atoms with E-state index < -0.39 is 6.04 Å². The molecule has 38 heavy (non-hydrogen) atoms. The molecule has 2 aliphatic rings. The summed E-state index contributed by atoms with van der Waals surface area (Å²) in [6, 6.07) is 8.91. The summed E-state index contributed by atoms with van der Waals surface area (Å²) < 4.78 is 20.7. The Morgan fingerprint density at radius 2 is 2.00 bits per heavy atom. The Balaban J connectivity index is 1.38. The molecular weight excluding hydrogens is 513 g/mol. The predicted molar refractivity (Wildman–Crippen MR) is 139 cm³/mol. The number of ether oxygens (including phenoxy) is 1. The third-order valence-corrected chi connectivity index (χ3v) is 7.08. The van der Waals surface area contributed by atoms with Crippen LogP contribution in [-0.4, -0.2) is 86.8 Å². The van der Waals surface area contributed by atoms with Crippen LogP contribution < -0.4 is 5.32 Å². The highest BCUT2D eigenvalue weighted by molar-refractivity contribution is 6.30. The molecule has 0 saturated carbocycles. The molecule has 198 valence electrons. The van der Waals surface area contributed by atoms with Gasteiger partial charge < -0.3 is 15.0 Å². The molecule has 3 aromatic rings. The Labute approximate surface area is 224 Å². The number of aromatic nitrogens is 4. The molecule has 5 rings (SSSR count). The summed E-state index contributed by atoms with van der Waals surface area (Å²) >= 11 is 6.21. The smallest absolute Gasteiger partial charge is 0.247 e. The summed E-state index contributed by atoms with van der Waals surface area (Å²) in [6.45, 7) is 4.75. The van der Waals surface area contributed by atoms with E-state index in [0.717, 1.165) is 13.1 Å². The monoisotopic (exact) mass is 539 g/mol. The number of hydrogen-bond donors (Lipinski definition) is 1. The highest BCUT2D eigenvalue weighted by Gasteiger charge is 2.41. The van der Waals surface area contributed by atoms with Gasteiger partial charge in [-0.05, 0) is 71.8 Å². The van der Waals surface area contributed by atoms with Crippen LogP contribution in [0, 0.1) is 12.7 Å². The lowest BCUT2D eigenvalue weighted by molar-refractivity contribution is -0.132. The number of tetrazole rings is 1. The second kappa shape index (κ2) is 11.4. The van der Waals surface area contributed by atoms with Crippen LogP contribution in [0.3, 0.4) is 0 Å². The summed E-state index contributed by atoms with van der Waals surface area (Å²) in [4.78, 5) is 30.7. The van der Waals surface area contributed by atoms with Gasteiger partial charge in [0.2, 0.25) is 11.8 Å². The van der Waals surface area contributed by atoms with E-state index in [-0.39, 0.29) is 23.7 Å². The van der Waals surface area contributed by atoms with Crippen molar-refractivity contribution in [2.45, 2.75) is 25.4 Å². The quantitative estimate of drug-likeness (QED) is 0.480. The van der Waals surface area contributed by atoms with Gasteiger partial charge in [0.05, 0.1) is 18.9 Å². The number of nitrogens with zero attached hydrogens (tertiary/aromatic N) is 6. The number of morpholine rings is 1. The molecule has 2 aromatic carbocycles. The van der Waals surface area contributed by atoms with Crippen molar-refractivity contribution >= 4 is 35.2 Å². The van der Waals surface area contributed by atoms with E-state index in [1.807, 2.05) is 0 Å². The Hall–Kier alpha value is -3.67. The molecule has 0 radical (unpaired) electrons. The lowest BCUT2D eigenvalue weighted by Crippen LogP contribution is -2.45. The number of hydrogen-bond acceptors (Lipinski definition) is 7. The van der Waals surface area contributed by atoms with Crippen LogP contribution in [0.5, 0.6) is 0 Å². The molecule has 2 aliphatic heterocycles. The number of carbonyl (C=O) groups is 2. The fourth-order valence-corrected chi connectivity index (χ4v) is 5.04. The number of anilines is 1. The minimum atomic E-state index is -0.691. The average Bonchev–Trinajstić information content (AvgIpc) is 3.61. The normalized spacial score (nSPS) is 20.2. The Bertz CT molecular complexity index is 1340. The second-order valence-electron chi connectivity index (χ2n) is 9.29. The van der Waals surface area contributed by atoms with Gasteiger partial charge in [0.1, 0.15) is 18.2 Å². The lowest BCUT2D eigenvalue weighted by atomic mass is 10.1. The first-order valence-corrected chi connectivity index (χ1v) is 12.7. The number of halogens is 2. The van der Waals surface area contributed by atoms with Crippen LogP contribution in [0.4, 0.5) is 10.1 Å². The summed E-state index contributed by atoms with van der Waals surface area (Å²) in [7, 11) is 0. The number of amides is 2. The van der Waals surface area contributed by atoms with E-state index in [4.69, 9.17) is 16.3 Å². The summed E-state index contributed by atoms with van der Waals surface area (Å²) in [5, 5.41) is 14.6. The highest BCUT2D eigenvalue weighted by Crippen LogP contribution is 2.26. The zero-order valence-electron chi connectivity index (χ0n) is 20.8. The molecule has 10 nitrogen and oxygen atoms in total. The van der Waals surface area contributed by atoms with E-state index in [2.05, 4.69) is 25.7 Å². The van der Waals surface area contributed by atoms with Crippen molar-refractivity contribution < 1.29 is 18.7 Å². The maximum atomic E-state index is 13.7. The van der Waals surface area contributed by atoms with Crippen molar-refractivity contribution in [3.8, 4) is 5.69 Å². The van der Waals surface area contributed by atoms with E-state index >= 15 is 0 Å². The van der Waals surface area contributed by atoms with Gasteiger partial charge in [-0.3, -0.25) is 14.5 Å². The zero-order valence-corrected chi connectivity index (χ0v) is 21.5. The van der Waals surface area contributed by atoms with Gasteiger partial charge in [-0.1, -0.05) is 11.6 Å². The molecule has 2 fully saturated rings. The molecule has 2 atom stereocenters. The first-order valence-electron chi connectivity index (χ1n) is 12.3. The number of rotatable bonds is 6.